The molecule has 0 spiro atoms. The van der Waals surface area contributed by atoms with Crippen LogP contribution in [-0.2, 0) is 6.42 Å². The van der Waals surface area contributed by atoms with Crippen LogP contribution in [0.5, 0.6) is 0 Å². The van der Waals surface area contributed by atoms with Crippen LogP contribution >= 0.6 is 0 Å². The Bertz CT molecular complexity index is 561. The highest BCUT2D eigenvalue weighted by atomic mass is 19.3. The van der Waals surface area contributed by atoms with Gasteiger partial charge in [-0.15, -0.1) is 0 Å². The van der Waals surface area contributed by atoms with Gasteiger partial charge in [0.25, 0.3) is 0 Å². The number of nitrogens with zero attached hydrogens (tertiary/aromatic N) is 3. The van der Waals surface area contributed by atoms with Gasteiger partial charge in [-0.3, -0.25) is 4.98 Å². The number of pyridine rings is 1. The third-order valence-corrected chi connectivity index (χ3v) is 2.88. The van der Waals surface area contributed by atoms with Crippen LogP contribution in [0.25, 0.3) is 0 Å². The van der Waals surface area contributed by atoms with Crippen LogP contribution in [0.1, 0.15) is 24.1 Å². The molecule has 0 atom stereocenters. The van der Waals surface area contributed by atoms with E-state index in [0.717, 1.165) is 5.69 Å². The van der Waals surface area contributed by atoms with Crippen molar-refractivity contribution >= 4 is 0 Å². The van der Waals surface area contributed by atoms with Crippen molar-refractivity contribution < 1.29 is 13.2 Å². The molecule has 0 amide bonds. The molecule has 1 aromatic rings. The van der Waals surface area contributed by atoms with E-state index < -0.39 is 23.7 Å². The zero-order valence-electron chi connectivity index (χ0n) is 10.8. The van der Waals surface area contributed by atoms with Gasteiger partial charge in [0.15, 0.2) is 5.83 Å². The van der Waals surface area contributed by atoms with Gasteiger partial charge in [0.2, 0.25) is 0 Å². The SMILES string of the molecule is Cc1ccc(CC(C#N)(C#N)CCC(F)=C(F)F)cn1. The van der Waals surface area contributed by atoms with Crippen LogP contribution in [0.15, 0.2) is 30.2 Å². The highest BCUT2D eigenvalue weighted by Gasteiger charge is 2.31. The van der Waals surface area contributed by atoms with Gasteiger partial charge in [-0.05, 0) is 25.0 Å². The standard InChI is InChI=1S/C14H12F3N3/c1-10-2-3-11(7-20-10)6-14(8-18,9-19)5-4-12(15)13(16)17/h2-3,7H,4-6H2,1H3. The summed E-state index contributed by atoms with van der Waals surface area (Å²) in [7, 11) is 0. The summed E-state index contributed by atoms with van der Waals surface area (Å²) in [6.07, 6.45) is -1.80. The third kappa shape index (κ3) is 4.10. The zero-order valence-corrected chi connectivity index (χ0v) is 10.8. The van der Waals surface area contributed by atoms with E-state index >= 15 is 0 Å². The molecule has 104 valence electrons. The van der Waals surface area contributed by atoms with Crippen LogP contribution in [-0.4, -0.2) is 4.98 Å². The molecule has 0 aliphatic rings. The van der Waals surface area contributed by atoms with Gasteiger partial charge in [0.05, 0.1) is 12.1 Å². The Hall–Kier alpha value is -2.34. The highest BCUT2D eigenvalue weighted by Crippen LogP contribution is 2.30. The maximum absolute atomic E-state index is 12.8. The number of hydrogen-bond donors (Lipinski definition) is 0. The second kappa shape index (κ2) is 6.72. The molecule has 3 nitrogen and oxygen atoms in total. The second-order valence-corrected chi connectivity index (χ2v) is 4.46. The van der Waals surface area contributed by atoms with Crippen molar-refractivity contribution in [3.05, 3.63) is 41.5 Å². The summed E-state index contributed by atoms with van der Waals surface area (Å²) in [6.45, 7) is 1.79. The van der Waals surface area contributed by atoms with Crippen molar-refractivity contribution in [1.82, 2.24) is 4.98 Å². The van der Waals surface area contributed by atoms with Crippen LogP contribution < -0.4 is 0 Å². The summed E-state index contributed by atoms with van der Waals surface area (Å²) < 4.78 is 36.8. The number of hydrogen-bond acceptors (Lipinski definition) is 3. The summed E-state index contributed by atoms with van der Waals surface area (Å²) in [5, 5.41) is 18.3. The van der Waals surface area contributed by atoms with E-state index in [9.17, 15) is 13.2 Å². The van der Waals surface area contributed by atoms with Crippen LogP contribution in [0, 0.1) is 35.0 Å². The molecule has 1 aromatic heterocycles. The molecule has 0 radical (unpaired) electrons. The van der Waals surface area contributed by atoms with Crippen LogP contribution in [0.2, 0.25) is 0 Å². The smallest absolute Gasteiger partial charge is 0.261 e. The van der Waals surface area contributed by atoms with Crippen molar-refractivity contribution in [2.45, 2.75) is 26.2 Å². The molecule has 6 heteroatoms. The molecule has 0 saturated carbocycles. The molecule has 20 heavy (non-hydrogen) atoms. The first-order valence-corrected chi connectivity index (χ1v) is 5.86. The lowest BCUT2D eigenvalue weighted by Gasteiger charge is -2.17. The number of nitriles is 2. The van der Waals surface area contributed by atoms with Crippen molar-refractivity contribution in [2.75, 3.05) is 0 Å². The van der Waals surface area contributed by atoms with Gasteiger partial charge in [0, 0.05) is 24.7 Å². The Morgan fingerprint density at radius 3 is 2.35 bits per heavy atom. The lowest BCUT2D eigenvalue weighted by atomic mass is 9.80. The first kappa shape index (κ1) is 15.7. The highest BCUT2D eigenvalue weighted by molar-refractivity contribution is 5.24. The normalized spacial score (nSPS) is 10.5. The summed E-state index contributed by atoms with van der Waals surface area (Å²) in [6, 6.07) is 7.02. The predicted octanol–water partition coefficient (Wildman–Crippen LogP) is 3.82. The van der Waals surface area contributed by atoms with E-state index in [1.54, 1.807) is 31.2 Å². The quantitative estimate of drug-likeness (QED) is 0.823. The first-order chi connectivity index (χ1) is 9.42. The lowest BCUT2D eigenvalue weighted by molar-refractivity contribution is 0.355. The molecular weight excluding hydrogens is 267 g/mol. The molecule has 0 aliphatic heterocycles. The minimum atomic E-state index is -2.41. The Labute approximate surface area is 115 Å². The Morgan fingerprint density at radius 2 is 1.90 bits per heavy atom. The van der Waals surface area contributed by atoms with E-state index in [-0.39, 0.29) is 12.8 Å². The van der Waals surface area contributed by atoms with Crippen molar-refractivity contribution in [3.8, 4) is 12.1 Å². The van der Waals surface area contributed by atoms with Gasteiger partial charge >= 0.3 is 6.08 Å². The van der Waals surface area contributed by atoms with Crippen LogP contribution in [0.4, 0.5) is 13.2 Å². The van der Waals surface area contributed by atoms with Gasteiger partial charge in [0.1, 0.15) is 5.41 Å². The maximum atomic E-state index is 12.8. The van der Waals surface area contributed by atoms with E-state index in [2.05, 4.69) is 4.98 Å². The minimum absolute atomic E-state index is 0.0223. The summed E-state index contributed by atoms with van der Waals surface area (Å²) in [5.41, 5.74) is -0.130. The molecule has 0 aliphatic carbocycles. The predicted molar refractivity (Wildman–Crippen MR) is 65.9 cm³/mol. The van der Waals surface area contributed by atoms with Crippen molar-refractivity contribution in [3.63, 3.8) is 0 Å². The average Bonchev–Trinajstić information content (AvgIpc) is 2.45. The lowest BCUT2D eigenvalue weighted by Crippen LogP contribution is -2.20. The molecule has 0 N–H and O–H groups in total. The molecule has 0 aromatic carbocycles. The summed E-state index contributed by atoms with van der Waals surface area (Å²) in [5.74, 6) is -1.58. The zero-order chi connectivity index (χ0) is 15.2. The molecule has 1 heterocycles. The van der Waals surface area contributed by atoms with E-state index in [1.807, 2.05) is 0 Å². The summed E-state index contributed by atoms with van der Waals surface area (Å²) in [4.78, 5) is 4.03. The topological polar surface area (TPSA) is 60.5 Å². The Balaban J connectivity index is 2.88. The summed E-state index contributed by atoms with van der Waals surface area (Å²) >= 11 is 0. The fraction of sp³-hybridized carbons (Fsp3) is 0.357. The maximum Gasteiger partial charge on any atom is 0.301 e. The fourth-order valence-electron chi connectivity index (χ4n) is 1.67. The van der Waals surface area contributed by atoms with Gasteiger partial charge < -0.3 is 0 Å². The number of aryl methyl sites for hydroxylation is 1. The first-order valence-electron chi connectivity index (χ1n) is 5.86. The molecule has 0 fully saturated rings. The average molecular weight is 279 g/mol. The number of allylic oxidation sites excluding steroid dienone is 1. The van der Waals surface area contributed by atoms with Gasteiger partial charge in [-0.25, -0.2) is 4.39 Å². The van der Waals surface area contributed by atoms with Gasteiger partial charge in [-0.1, -0.05) is 6.07 Å². The largest absolute Gasteiger partial charge is 0.301 e. The third-order valence-electron chi connectivity index (χ3n) is 2.88. The second-order valence-electron chi connectivity index (χ2n) is 4.46. The molecule has 1 rings (SSSR count). The van der Waals surface area contributed by atoms with Gasteiger partial charge in [-0.2, -0.15) is 19.3 Å². The molecular formula is C14H12F3N3. The van der Waals surface area contributed by atoms with Crippen molar-refractivity contribution in [2.24, 2.45) is 5.41 Å². The number of aromatic nitrogens is 1. The van der Waals surface area contributed by atoms with E-state index in [0.29, 0.717) is 5.56 Å². The Morgan fingerprint density at radius 1 is 1.25 bits per heavy atom. The van der Waals surface area contributed by atoms with Crippen LogP contribution in [0.3, 0.4) is 0 Å². The Kier molecular flexibility index (Phi) is 5.28. The monoisotopic (exact) mass is 279 g/mol. The minimum Gasteiger partial charge on any atom is -0.261 e. The number of halogens is 3. The fourth-order valence-corrected chi connectivity index (χ4v) is 1.67. The molecule has 0 unspecified atom stereocenters. The van der Waals surface area contributed by atoms with Crippen molar-refractivity contribution in [1.29, 1.82) is 10.5 Å². The molecule has 0 bridgehead atoms. The van der Waals surface area contributed by atoms with E-state index in [1.165, 1.54) is 6.20 Å². The van der Waals surface area contributed by atoms with E-state index in [4.69, 9.17) is 10.5 Å². The molecule has 0 saturated heterocycles. The number of rotatable bonds is 5.